The summed E-state index contributed by atoms with van der Waals surface area (Å²) in [7, 11) is 0. The van der Waals surface area contributed by atoms with Gasteiger partial charge in [-0.25, -0.2) is 9.78 Å². The van der Waals surface area contributed by atoms with Crippen molar-refractivity contribution in [2.45, 2.75) is 31.9 Å². The zero-order chi connectivity index (χ0) is 12.5. The van der Waals surface area contributed by atoms with E-state index in [0.29, 0.717) is 12.3 Å². The molecular formula is C12H16N2O3. The number of rotatable bonds is 3. The topological polar surface area (TPSA) is 71.5 Å². The molecule has 2 N–H and O–H groups in total. The first-order valence-corrected chi connectivity index (χ1v) is 5.61. The van der Waals surface area contributed by atoms with Crippen LogP contribution in [0.5, 0.6) is 0 Å². The smallest absolute Gasteiger partial charge is 0.356 e. The predicted molar refractivity (Wildman–Crippen MR) is 63.3 cm³/mol. The molecule has 5 nitrogen and oxygen atoms in total. The number of aromatic nitrogens is 1. The van der Waals surface area contributed by atoms with Crippen molar-refractivity contribution in [1.82, 2.24) is 4.98 Å². The van der Waals surface area contributed by atoms with Gasteiger partial charge in [0.2, 0.25) is 0 Å². The zero-order valence-electron chi connectivity index (χ0n) is 9.93. The van der Waals surface area contributed by atoms with Crippen molar-refractivity contribution in [2.75, 3.05) is 11.9 Å². The maximum atomic E-state index is 11.0. The molecule has 1 aliphatic rings. The summed E-state index contributed by atoms with van der Waals surface area (Å²) >= 11 is 0. The number of aromatic carboxylic acids is 1. The highest BCUT2D eigenvalue weighted by atomic mass is 16.5. The average molecular weight is 236 g/mol. The van der Waals surface area contributed by atoms with Crippen molar-refractivity contribution in [2.24, 2.45) is 0 Å². The Morgan fingerprint density at radius 3 is 3.06 bits per heavy atom. The minimum atomic E-state index is -1.02. The van der Waals surface area contributed by atoms with E-state index in [2.05, 4.69) is 10.3 Å². The highest BCUT2D eigenvalue weighted by Gasteiger charge is 2.37. The van der Waals surface area contributed by atoms with Gasteiger partial charge in [0.15, 0.2) is 5.69 Å². The van der Waals surface area contributed by atoms with Gasteiger partial charge < -0.3 is 15.2 Å². The van der Waals surface area contributed by atoms with E-state index in [-0.39, 0.29) is 17.3 Å². The van der Waals surface area contributed by atoms with Crippen molar-refractivity contribution in [3.05, 3.63) is 24.0 Å². The Balaban J connectivity index is 2.27. The first kappa shape index (κ1) is 11.9. The molecule has 0 bridgehead atoms. The molecule has 2 heterocycles. The van der Waals surface area contributed by atoms with Crippen LogP contribution < -0.4 is 5.32 Å². The summed E-state index contributed by atoms with van der Waals surface area (Å²) in [6.45, 7) is 4.70. The van der Waals surface area contributed by atoms with Gasteiger partial charge in [-0.2, -0.15) is 0 Å². The van der Waals surface area contributed by atoms with Crippen LogP contribution in [0.15, 0.2) is 18.3 Å². The molecule has 92 valence electrons. The lowest BCUT2D eigenvalue weighted by molar-refractivity contribution is 0.0691. The summed E-state index contributed by atoms with van der Waals surface area (Å²) in [5, 5.41) is 12.3. The fourth-order valence-corrected chi connectivity index (χ4v) is 1.98. The number of ether oxygens (including phenoxy) is 1. The SMILES string of the molecule is CC1OCCC1(C)Nc1cccnc1C(=O)O. The second kappa shape index (κ2) is 4.33. The Labute approximate surface area is 99.8 Å². The van der Waals surface area contributed by atoms with Crippen LogP contribution in [0.3, 0.4) is 0 Å². The van der Waals surface area contributed by atoms with Crippen LogP contribution >= 0.6 is 0 Å². The normalized spacial score (nSPS) is 28.0. The van der Waals surface area contributed by atoms with Gasteiger partial charge in [-0.3, -0.25) is 0 Å². The van der Waals surface area contributed by atoms with Gasteiger partial charge in [0.05, 0.1) is 17.3 Å². The lowest BCUT2D eigenvalue weighted by Crippen LogP contribution is -2.41. The number of nitrogens with one attached hydrogen (secondary N) is 1. The quantitative estimate of drug-likeness (QED) is 0.836. The van der Waals surface area contributed by atoms with Gasteiger partial charge in [0.25, 0.3) is 0 Å². The van der Waals surface area contributed by atoms with E-state index in [1.165, 1.54) is 6.20 Å². The molecule has 1 fully saturated rings. The second-order valence-corrected chi connectivity index (χ2v) is 4.51. The van der Waals surface area contributed by atoms with Gasteiger partial charge in [-0.15, -0.1) is 0 Å². The van der Waals surface area contributed by atoms with Crippen molar-refractivity contribution in [3.8, 4) is 0 Å². The largest absolute Gasteiger partial charge is 0.476 e. The third-order valence-electron chi connectivity index (χ3n) is 3.32. The van der Waals surface area contributed by atoms with E-state index in [1.54, 1.807) is 12.1 Å². The van der Waals surface area contributed by atoms with Crippen LogP contribution in [0.1, 0.15) is 30.8 Å². The number of nitrogens with zero attached hydrogens (tertiary/aromatic N) is 1. The van der Waals surface area contributed by atoms with Crippen LogP contribution in [0, 0.1) is 0 Å². The highest BCUT2D eigenvalue weighted by Crippen LogP contribution is 2.30. The Morgan fingerprint density at radius 2 is 2.47 bits per heavy atom. The molecule has 5 heteroatoms. The van der Waals surface area contributed by atoms with Gasteiger partial charge >= 0.3 is 5.97 Å². The van der Waals surface area contributed by atoms with Crippen molar-refractivity contribution < 1.29 is 14.6 Å². The van der Waals surface area contributed by atoms with Crippen LogP contribution in [-0.4, -0.2) is 34.3 Å². The van der Waals surface area contributed by atoms with E-state index in [1.807, 2.05) is 13.8 Å². The number of carbonyl (C=O) groups is 1. The number of hydrogen-bond acceptors (Lipinski definition) is 4. The standard InChI is InChI=1S/C12H16N2O3/c1-8-12(2,5-7-17-8)14-9-4-3-6-13-10(9)11(15)16/h3-4,6,8,14H,5,7H2,1-2H3,(H,15,16). The number of anilines is 1. The van der Waals surface area contributed by atoms with Crippen LogP contribution in [0.2, 0.25) is 0 Å². The molecule has 0 amide bonds. The Morgan fingerprint density at radius 1 is 1.71 bits per heavy atom. The number of hydrogen-bond donors (Lipinski definition) is 2. The molecule has 1 aromatic rings. The van der Waals surface area contributed by atoms with Crippen LogP contribution in [0.4, 0.5) is 5.69 Å². The molecule has 17 heavy (non-hydrogen) atoms. The van der Waals surface area contributed by atoms with E-state index >= 15 is 0 Å². The second-order valence-electron chi connectivity index (χ2n) is 4.51. The number of pyridine rings is 1. The molecular weight excluding hydrogens is 220 g/mol. The lowest BCUT2D eigenvalue weighted by atomic mass is 9.94. The fourth-order valence-electron chi connectivity index (χ4n) is 1.98. The molecule has 1 aliphatic heterocycles. The van der Waals surface area contributed by atoms with Gasteiger partial charge in [0.1, 0.15) is 0 Å². The third-order valence-corrected chi connectivity index (χ3v) is 3.32. The zero-order valence-corrected chi connectivity index (χ0v) is 9.93. The minimum Gasteiger partial charge on any atom is -0.476 e. The molecule has 1 saturated heterocycles. The maximum absolute atomic E-state index is 11.0. The number of carboxylic acid groups (broad SMARTS) is 1. The Kier molecular flexibility index (Phi) is 3.02. The van der Waals surface area contributed by atoms with Crippen molar-refractivity contribution in [3.63, 3.8) is 0 Å². The summed E-state index contributed by atoms with van der Waals surface area (Å²) in [6.07, 6.45) is 2.37. The summed E-state index contributed by atoms with van der Waals surface area (Å²) in [5.41, 5.74) is 0.348. The third kappa shape index (κ3) is 2.24. The molecule has 0 saturated carbocycles. The molecule has 2 rings (SSSR count). The fraction of sp³-hybridized carbons (Fsp3) is 0.500. The molecule has 0 radical (unpaired) electrons. The van der Waals surface area contributed by atoms with Crippen LogP contribution in [0.25, 0.3) is 0 Å². The molecule has 2 atom stereocenters. The summed E-state index contributed by atoms with van der Waals surface area (Å²) in [6, 6.07) is 3.45. The maximum Gasteiger partial charge on any atom is 0.356 e. The van der Waals surface area contributed by atoms with E-state index in [0.717, 1.165) is 6.42 Å². The summed E-state index contributed by atoms with van der Waals surface area (Å²) < 4.78 is 5.51. The first-order valence-electron chi connectivity index (χ1n) is 5.61. The van der Waals surface area contributed by atoms with E-state index < -0.39 is 5.97 Å². The molecule has 2 unspecified atom stereocenters. The van der Waals surface area contributed by atoms with E-state index in [9.17, 15) is 4.79 Å². The minimum absolute atomic E-state index is 0.0457. The molecule has 0 spiro atoms. The number of carboxylic acids is 1. The monoisotopic (exact) mass is 236 g/mol. The van der Waals surface area contributed by atoms with Gasteiger partial charge in [-0.05, 0) is 32.4 Å². The average Bonchev–Trinajstić information content (AvgIpc) is 2.59. The van der Waals surface area contributed by atoms with E-state index in [4.69, 9.17) is 9.84 Å². The van der Waals surface area contributed by atoms with Crippen molar-refractivity contribution >= 4 is 11.7 Å². The summed E-state index contributed by atoms with van der Waals surface area (Å²) in [4.78, 5) is 14.9. The lowest BCUT2D eigenvalue weighted by Gasteiger charge is -2.30. The van der Waals surface area contributed by atoms with Gasteiger partial charge in [0, 0.05) is 12.8 Å². The highest BCUT2D eigenvalue weighted by molar-refractivity contribution is 5.91. The van der Waals surface area contributed by atoms with Crippen LogP contribution in [-0.2, 0) is 4.74 Å². The molecule has 0 aliphatic carbocycles. The summed E-state index contributed by atoms with van der Waals surface area (Å²) in [5.74, 6) is -1.02. The Bertz CT molecular complexity index is 436. The van der Waals surface area contributed by atoms with Gasteiger partial charge in [-0.1, -0.05) is 0 Å². The molecule has 0 aromatic carbocycles. The van der Waals surface area contributed by atoms with Crippen molar-refractivity contribution in [1.29, 1.82) is 0 Å². The molecule has 1 aromatic heterocycles. The Hall–Kier alpha value is -1.62. The predicted octanol–water partition coefficient (Wildman–Crippen LogP) is 1.76. The first-order chi connectivity index (χ1) is 8.03.